The molecule has 70 valence electrons. The summed E-state index contributed by atoms with van der Waals surface area (Å²) in [5.74, 6) is 0.941. The van der Waals surface area contributed by atoms with Crippen molar-refractivity contribution in [2.24, 2.45) is 17.8 Å². The lowest BCUT2D eigenvalue weighted by atomic mass is 9.67. The second kappa shape index (κ2) is 3.33. The van der Waals surface area contributed by atoms with Crippen molar-refractivity contribution >= 4 is 0 Å². The van der Waals surface area contributed by atoms with Crippen LogP contribution < -0.4 is 0 Å². The normalized spacial score (nSPS) is 47.5. The van der Waals surface area contributed by atoms with Gasteiger partial charge in [0.15, 0.2) is 0 Å². The molecule has 2 unspecified atom stereocenters. The first-order valence-electron chi connectivity index (χ1n) is 5.06. The maximum Gasteiger partial charge on any atom is 0.106 e. The first kappa shape index (κ1) is 8.49. The van der Waals surface area contributed by atoms with Gasteiger partial charge in [-0.15, -0.1) is 0 Å². The van der Waals surface area contributed by atoms with E-state index in [0.29, 0.717) is 5.92 Å². The molecule has 2 saturated carbocycles. The maximum absolute atomic E-state index is 13.5. The summed E-state index contributed by atoms with van der Waals surface area (Å²) in [6.45, 7) is 0.264. The molecule has 1 nitrogen and oxygen atoms in total. The summed E-state index contributed by atoms with van der Waals surface area (Å²) < 4.78 is 13.5. The SMILES string of the molecule is OCC1C[C@H]2CCC[C@@H](C1)C2F. The molecule has 2 fully saturated rings. The number of hydrogen-bond acceptors (Lipinski definition) is 1. The first-order chi connectivity index (χ1) is 5.81. The average Bonchev–Trinajstić information content (AvgIpc) is 2.04. The Morgan fingerprint density at radius 2 is 1.75 bits per heavy atom. The lowest BCUT2D eigenvalue weighted by molar-refractivity contribution is 0.00882. The topological polar surface area (TPSA) is 20.2 Å². The van der Waals surface area contributed by atoms with Crippen LogP contribution in [0.5, 0.6) is 0 Å². The molecule has 0 spiro atoms. The molecule has 0 heterocycles. The Labute approximate surface area is 73.0 Å². The van der Waals surface area contributed by atoms with Gasteiger partial charge >= 0.3 is 0 Å². The van der Waals surface area contributed by atoms with Gasteiger partial charge in [0.05, 0.1) is 0 Å². The Kier molecular flexibility index (Phi) is 2.35. The van der Waals surface area contributed by atoms with Crippen LogP contribution >= 0.6 is 0 Å². The first-order valence-corrected chi connectivity index (χ1v) is 5.06. The van der Waals surface area contributed by atoms with Gasteiger partial charge in [-0.3, -0.25) is 0 Å². The van der Waals surface area contributed by atoms with Gasteiger partial charge in [0.25, 0.3) is 0 Å². The lowest BCUT2D eigenvalue weighted by Gasteiger charge is -2.41. The third-order valence-electron chi connectivity index (χ3n) is 3.58. The van der Waals surface area contributed by atoms with Crippen LogP contribution in [0.15, 0.2) is 0 Å². The molecule has 2 bridgehead atoms. The van der Waals surface area contributed by atoms with Gasteiger partial charge in [-0.2, -0.15) is 0 Å². The molecule has 0 saturated heterocycles. The molecule has 2 aliphatic carbocycles. The molecule has 0 aromatic heterocycles. The second-order valence-corrected chi connectivity index (χ2v) is 4.42. The fourth-order valence-electron chi connectivity index (χ4n) is 2.94. The van der Waals surface area contributed by atoms with Crippen molar-refractivity contribution in [1.82, 2.24) is 0 Å². The molecule has 0 aromatic rings. The molecular formula is C10H17FO. The van der Waals surface area contributed by atoms with Crippen LogP contribution in [-0.4, -0.2) is 17.9 Å². The van der Waals surface area contributed by atoms with Gasteiger partial charge in [-0.1, -0.05) is 6.42 Å². The monoisotopic (exact) mass is 172 g/mol. The molecule has 0 radical (unpaired) electrons. The van der Waals surface area contributed by atoms with Crippen molar-refractivity contribution in [2.45, 2.75) is 38.3 Å². The second-order valence-electron chi connectivity index (χ2n) is 4.42. The van der Waals surface area contributed by atoms with E-state index in [1.165, 1.54) is 6.42 Å². The van der Waals surface area contributed by atoms with Crippen LogP contribution in [0.25, 0.3) is 0 Å². The highest BCUT2D eigenvalue weighted by Crippen LogP contribution is 2.44. The fourth-order valence-corrected chi connectivity index (χ4v) is 2.94. The lowest BCUT2D eigenvalue weighted by Crippen LogP contribution is -2.38. The summed E-state index contributed by atoms with van der Waals surface area (Å²) in [4.78, 5) is 0. The summed E-state index contributed by atoms with van der Waals surface area (Å²) in [5.41, 5.74) is 0. The smallest absolute Gasteiger partial charge is 0.106 e. The minimum absolute atomic E-state index is 0.264. The fraction of sp³-hybridized carbons (Fsp3) is 1.00. The van der Waals surface area contributed by atoms with Crippen molar-refractivity contribution in [1.29, 1.82) is 0 Å². The Morgan fingerprint density at radius 1 is 1.17 bits per heavy atom. The Morgan fingerprint density at radius 3 is 2.25 bits per heavy atom. The largest absolute Gasteiger partial charge is 0.396 e. The highest BCUT2D eigenvalue weighted by atomic mass is 19.1. The summed E-state index contributed by atoms with van der Waals surface area (Å²) >= 11 is 0. The maximum atomic E-state index is 13.5. The number of halogens is 1. The van der Waals surface area contributed by atoms with E-state index in [2.05, 4.69) is 0 Å². The van der Waals surface area contributed by atoms with E-state index < -0.39 is 6.17 Å². The summed E-state index contributed by atoms with van der Waals surface area (Å²) in [6.07, 6.45) is 4.60. The Hall–Kier alpha value is -0.110. The predicted octanol–water partition coefficient (Wildman–Crippen LogP) is 2.14. The number of alkyl halides is 1. The van der Waals surface area contributed by atoms with Crippen molar-refractivity contribution < 1.29 is 9.50 Å². The standard InChI is InChI=1S/C10H17FO/c11-10-8-2-1-3-9(10)5-7(4-8)6-12/h7-10,12H,1-6H2/t7?,8-,9+,10?. The average molecular weight is 172 g/mol. The number of fused-ring (bicyclic) bond motifs is 2. The van der Waals surface area contributed by atoms with Gasteiger partial charge in [0, 0.05) is 6.61 Å². The highest BCUT2D eigenvalue weighted by Gasteiger charge is 2.39. The molecule has 1 N–H and O–H groups in total. The van der Waals surface area contributed by atoms with Gasteiger partial charge in [-0.25, -0.2) is 4.39 Å². The molecule has 2 heteroatoms. The number of hydrogen-bond donors (Lipinski definition) is 1. The molecule has 2 rings (SSSR count). The number of rotatable bonds is 1. The van der Waals surface area contributed by atoms with E-state index in [1.807, 2.05) is 0 Å². The van der Waals surface area contributed by atoms with Crippen molar-refractivity contribution in [3.05, 3.63) is 0 Å². The summed E-state index contributed by atoms with van der Waals surface area (Å²) in [5, 5.41) is 9.01. The van der Waals surface area contributed by atoms with Crippen LogP contribution in [0.2, 0.25) is 0 Å². The van der Waals surface area contributed by atoms with Gasteiger partial charge in [-0.05, 0) is 43.4 Å². The van der Waals surface area contributed by atoms with Crippen molar-refractivity contribution in [2.75, 3.05) is 6.61 Å². The third-order valence-corrected chi connectivity index (χ3v) is 3.58. The van der Waals surface area contributed by atoms with E-state index in [-0.39, 0.29) is 18.4 Å². The van der Waals surface area contributed by atoms with Crippen molar-refractivity contribution in [3.63, 3.8) is 0 Å². The van der Waals surface area contributed by atoms with Crippen LogP contribution in [0.3, 0.4) is 0 Å². The molecule has 12 heavy (non-hydrogen) atoms. The van der Waals surface area contributed by atoms with E-state index in [0.717, 1.165) is 25.7 Å². The molecule has 0 amide bonds. The van der Waals surface area contributed by atoms with Gasteiger partial charge in [0.1, 0.15) is 6.17 Å². The molecular weight excluding hydrogens is 155 g/mol. The van der Waals surface area contributed by atoms with E-state index in [4.69, 9.17) is 5.11 Å². The number of aliphatic hydroxyl groups is 1. The van der Waals surface area contributed by atoms with E-state index in [9.17, 15) is 4.39 Å². The minimum atomic E-state index is -0.554. The minimum Gasteiger partial charge on any atom is -0.396 e. The Bertz CT molecular complexity index is 146. The molecule has 2 aliphatic rings. The van der Waals surface area contributed by atoms with E-state index in [1.54, 1.807) is 0 Å². The summed E-state index contributed by atoms with van der Waals surface area (Å²) in [7, 11) is 0. The zero-order chi connectivity index (χ0) is 8.55. The summed E-state index contributed by atoms with van der Waals surface area (Å²) in [6, 6.07) is 0. The zero-order valence-corrected chi connectivity index (χ0v) is 7.38. The third kappa shape index (κ3) is 1.37. The predicted molar refractivity (Wildman–Crippen MR) is 45.5 cm³/mol. The highest BCUT2D eigenvalue weighted by molar-refractivity contribution is 4.89. The quantitative estimate of drug-likeness (QED) is 0.642. The van der Waals surface area contributed by atoms with Crippen LogP contribution in [-0.2, 0) is 0 Å². The Balaban J connectivity index is 2.02. The van der Waals surface area contributed by atoms with Crippen molar-refractivity contribution in [3.8, 4) is 0 Å². The van der Waals surface area contributed by atoms with Gasteiger partial charge in [0.2, 0.25) is 0 Å². The van der Waals surface area contributed by atoms with Gasteiger partial charge < -0.3 is 5.11 Å². The van der Waals surface area contributed by atoms with Crippen LogP contribution in [0.4, 0.5) is 4.39 Å². The molecule has 0 aliphatic heterocycles. The van der Waals surface area contributed by atoms with Crippen LogP contribution in [0, 0.1) is 17.8 Å². The van der Waals surface area contributed by atoms with Crippen LogP contribution in [0.1, 0.15) is 32.1 Å². The van der Waals surface area contributed by atoms with E-state index >= 15 is 0 Å². The molecule has 0 aromatic carbocycles. The number of aliphatic hydroxyl groups excluding tert-OH is 1. The molecule has 4 atom stereocenters. The zero-order valence-electron chi connectivity index (χ0n) is 7.38.